The van der Waals surface area contributed by atoms with E-state index in [1.165, 1.54) is 57.8 Å². The van der Waals surface area contributed by atoms with E-state index in [4.69, 9.17) is 5.73 Å². The molecule has 0 aromatic carbocycles. The summed E-state index contributed by atoms with van der Waals surface area (Å²) in [6.45, 7) is 2.26. The Morgan fingerprint density at radius 1 is 0.913 bits per heavy atom. The molecule has 0 heterocycles. The molecule has 1 radical (unpaired) electrons. The number of amides is 1. The lowest BCUT2D eigenvalue weighted by molar-refractivity contribution is -0.118. The molecule has 1 amide bonds. The van der Waals surface area contributed by atoms with Crippen LogP contribution in [-0.4, -0.2) is 12.2 Å². The molecule has 0 aliphatic carbocycles. The molecule has 0 aliphatic heterocycles. The van der Waals surface area contributed by atoms with Crippen LogP contribution < -0.4 is 5.73 Å². The lowest BCUT2D eigenvalue weighted by atomic mass is 9.99. The quantitative estimate of drug-likeness (QED) is 0.294. The van der Waals surface area contributed by atoms with E-state index < -0.39 is 0 Å². The third kappa shape index (κ3) is 17.1. The van der Waals surface area contributed by atoms with Crippen molar-refractivity contribution in [2.75, 3.05) is 0 Å². The Kier molecular flexibility index (Phi) is 16.4. The number of primary amides is 1. The number of carbonyl (C=O) groups is 1. The van der Waals surface area contributed by atoms with E-state index in [1.54, 1.807) is 0 Å². The van der Waals surface area contributed by atoms with Crippen LogP contribution in [0.5, 0.6) is 0 Å². The van der Waals surface area contributed by atoms with Crippen LogP contribution in [0.25, 0.3) is 0 Å². The van der Waals surface area contributed by atoms with Crippen molar-refractivity contribution in [3.63, 3.8) is 0 Å². The minimum Gasteiger partial charge on any atom is -0.370 e. The van der Waals surface area contributed by atoms with Crippen LogP contribution in [0.1, 0.15) is 96.8 Å². The van der Waals surface area contributed by atoms with Gasteiger partial charge in [0.25, 0.3) is 0 Å². The first kappa shape index (κ1) is 21.9. The van der Waals surface area contributed by atoms with E-state index in [9.17, 15) is 9.59 Å². The molecular formula is C20H36NO2. The van der Waals surface area contributed by atoms with Gasteiger partial charge in [-0.2, -0.15) is 0 Å². The van der Waals surface area contributed by atoms with Gasteiger partial charge in [-0.05, 0) is 32.1 Å². The molecule has 0 bridgehead atoms. The first-order valence-corrected chi connectivity index (χ1v) is 9.51. The smallest absolute Gasteiger partial charge is 0.217 e. The highest BCUT2D eigenvalue weighted by molar-refractivity contribution is 5.74. The van der Waals surface area contributed by atoms with Gasteiger partial charge in [0, 0.05) is 12.3 Å². The van der Waals surface area contributed by atoms with Crippen molar-refractivity contribution in [1.29, 1.82) is 0 Å². The molecule has 1 atom stereocenters. The Balaban J connectivity index is 3.36. The molecule has 1 unspecified atom stereocenters. The number of hydrogen-bond donors (Lipinski definition) is 1. The van der Waals surface area contributed by atoms with Gasteiger partial charge in [0.05, 0.1) is 0 Å². The minimum absolute atomic E-state index is 0.153. The first-order valence-electron chi connectivity index (χ1n) is 9.51. The average Bonchev–Trinajstić information content (AvgIpc) is 2.54. The van der Waals surface area contributed by atoms with Gasteiger partial charge in [-0.1, -0.05) is 70.4 Å². The number of nitrogens with two attached hydrogens (primary N) is 1. The Hall–Kier alpha value is -1.12. The van der Waals surface area contributed by atoms with Crippen molar-refractivity contribution in [2.45, 2.75) is 96.8 Å². The van der Waals surface area contributed by atoms with E-state index in [-0.39, 0.29) is 18.2 Å². The highest BCUT2D eigenvalue weighted by Crippen LogP contribution is 2.13. The average molecular weight is 323 g/mol. The van der Waals surface area contributed by atoms with Crippen LogP contribution >= 0.6 is 0 Å². The Morgan fingerprint density at radius 3 is 2.04 bits per heavy atom. The molecule has 0 aliphatic rings. The second-order valence-corrected chi connectivity index (χ2v) is 6.49. The van der Waals surface area contributed by atoms with Gasteiger partial charge < -0.3 is 5.73 Å². The SMILES string of the molecule is CCCCCCCCCCCC=CCCC([C]=O)CCC(N)=O. The number of unbranched alkanes of at least 4 members (excludes halogenated alkanes) is 9. The van der Waals surface area contributed by atoms with Crippen molar-refractivity contribution in [2.24, 2.45) is 11.7 Å². The summed E-state index contributed by atoms with van der Waals surface area (Å²) in [7, 11) is 0. The summed E-state index contributed by atoms with van der Waals surface area (Å²) in [6.07, 6.45) is 22.2. The topological polar surface area (TPSA) is 60.2 Å². The lowest BCUT2D eigenvalue weighted by Gasteiger charge is -2.05. The molecule has 0 spiro atoms. The van der Waals surface area contributed by atoms with Gasteiger partial charge in [0.1, 0.15) is 0 Å². The third-order valence-electron chi connectivity index (χ3n) is 4.23. The van der Waals surface area contributed by atoms with Crippen molar-refractivity contribution in [3.8, 4) is 0 Å². The molecule has 0 saturated carbocycles. The largest absolute Gasteiger partial charge is 0.370 e. The Labute approximate surface area is 143 Å². The fourth-order valence-electron chi connectivity index (χ4n) is 2.68. The number of rotatable bonds is 17. The van der Waals surface area contributed by atoms with Gasteiger partial charge in [0.15, 0.2) is 0 Å². The summed E-state index contributed by atoms with van der Waals surface area (Å²) in [4.78, 5) is 21.5. The highest BCUT2D eigenvalue weighted by atomic mass is 16.1. The second kappa shape index (κ2) is 17.2. The zero-order valence-corrected chi connectivity index (χ0v) is 15.0. The maximum Gasteiger partial charge on any atom is 0.217 e. The van der Waals surface area contributed by atoms with Crippen LogP contribution in [0, 0.1) is 5.92 Å². The molecule has 0 fully saturated rings. The Morgan fingerprint density at radius 2 is 1.48 bits per heavy atom. The normalized spacial score (nSPS) is 12.6. The van der Waals surface area contributed by atoms with Crippen molar-refractivity contribution in [3.05, 3.63) is 12.2 Å². The van der Waals surface area contributed by atoms with Crippen LogP contribution in [0.4, 0.5) is 0 Å². The summed E-state index contributed by atoms with van der Waals surface area (Å²) >= 11 is 0. The van der Waals surface area contributed by atoms with Crippen molar-refractivity contribution in [1.82, 2.24) is 0 Å². The van der Waals surface area contributed by atoms with Crippen LogP contribution in [0.15, 0.2) is 12.2 Å². The van der Waals surface area contributed by atoms with E-state index in [0.29, 0.717) is 6.42 Å². The summed E-state index contributed by atoms with van der Waals surface area (Å²) < 4.78 is 0. The van der Waals surface area contributed by atoms with Gasteiger partial charge in [-0.25, -0.2) is 0 Å². The molecule has 3 nitrogen and oxygen atoms in total. The molecule has 0 aromatic rings. The van der Waals surface area contributed by atoms with Crippen LogP contribution in [-0.2, 0) is 9.59 Å². The molecule has 0 saturated heterocycles. The lowest BCUT2D eigenvalue weighted by Crippen LogP contribution is -2.13. The Bertz CT molecular complexity index is 313. The summed E-state index contributed by atoms with van der Waals surface area (Å²) in [6, 6.07) is 0. The van der Waals surface area contributed by atoms with Crippen molar-refractivity contribution < 1.29 is 9.59 Å². The molecule has 0 rings (SSSR count). The summed E-state index contributed by atoms with van der Waals surface area (Å²) in [5, 5.41) is 0. The maximum absolute atomic E-state index is 10.8. The van der Waals surface area contributed by atoms with Crippen LogP contribution in [0.3, 0.4) is 0 Å². The van der Waals surface area contributed by atoms with E-state index in [0.717, 1.165) is 19.3 Å². The maximum atomic E-state index is 10.8. The van der Waals surface area contributed by atoms with Crippen molar-refractivity contribution >= 4 is 12.2 Å². The monoisotopic (exact) mass is 322 g/mol. The highest BCUT2D eigenvalue weighted by Gasteiger charge is 2.08. The zero-order valence-electron chi connectivity index (χ0n) is 15.0. The van der Waals surface area contributed by atoms with E-state index in [2.05, 4.69) is 19.1 Å². The standard InChI is InChI=1S/C20H36NO2/c1-2-3-4-5-6-7-8-9-10-11-12-13-14-15-19(18-22)16-17-20(21)23/h12-13,19H,2-11,14-17H2,1H3,(H2,21,23). The van der Waals surface area contributed by atoms with E-state index >= 15 is 0 Å². The minimum atomic E-state index is -0.342. The molecule has 23 heavy (non-hydrogen) atoms. The first-order chi connectivity index (χ1) is 11.2. The van der Waals surface area contributed by atoms with Gasteiger partial charge >= 0.3 is 0 Å². The molecule has 0 aromatic heterocycles. The predicted molar refractivity (Wildman–Crippen MR) is 97.8 cm³/mol. The molecule has 3 heteroatoms. The summed E-state index contributed by atoms with van der Waals surface area (Å²) in [5.74, 6) is -0.494. The number of carbonyl (C=O) groups excluding carboxylic acids is 2. The molecule has 2 N–H and O–H groups in total. The number of hydrogen-bond acceptors (Lipinski definition) is 2. The van der Waals surface area contributed by atoms with Gasteiger partial charge in [-0.3, -0.25) is 9.59 Å². The zero-order chi connectivity index (χ0) is 17.2. The van der Waals surface area contributed by atoms with Gasteiger partial charge in [0.2, 0.25) is 12.2 Å². The fourth-order valence-corrected chi connectivity index (χ4v) is 2.68. The predicted octanol–water partition coefficient (Wildman–Crippen LogP) is 5.24. The number of allylic oxidation sites excluding steroid dienone is 2. The van der Waals surface area contributed by atoms with E-state index in [1.807, 2.05) is 6.29 Å². The van der Waals surface area contributed by atoms with Gasteiger partial charge in [-0.15, -0.1) is 0 Å². The third-order valence-corrected chi connectivity index (χ3v) is 4.23. The second-order valence-electron chi connectivity index (χ2n) is 6.49. The molecule has 133 valence electrons. The fraction of sp³-hybridized carbons (Fsp3) is 0.800. The summed E-state index contributed by atoms with van der Waals surface area (Å²) in [5.41, 5.74) is 5.09. The van der Waals surface area contributed by atoms with Crippen LogP contribution in [0.2, 0.25) is 0 Å². The molecular weight excluding hydrogens is 286 g/mol.